The summed E-state index contributed by atoms with van der Waals surface area (Å²) in [6.07, 6.45) is 1.47. The fourth-order valence-electron chi connectivity index (χ4n) is 1.72. The molecule has 6 heteroatoms. The van der Waals surface area contributed by atoms with Crippen molar-refractivity contribution in [3.05, 3.63) is 51.7 Å². The highest BCUT2D eigenvalue weighted by Gasteiger charge is 2.07. The number of amides is 1. The van der Waals surface area contributed by atoms with Gasteiger partial charge < -0.3 is 5.73 Å². The van der Waals surface area contributed by atoms with E-state index >= 15 is 0 Å². The lowest BCUT2D eigenvalue weighted by atomic mass is 10.0. The molecule has 0 fully saturated rings. The molecule has 0 bridgehead atoms. The van der Waals surface area contributed by atoms with Gasteiger partial charge in [-0.25, -0.2) is 9.48 Å². The highest BCUT2D eigenvalue weighted by molar-refractivity contribution is 5.93. The number of carbonyl (C=O) groups is 1. The van der Waals surface area contributed by atoms with Gasteiger partial charge in [0.05, 0.1) is 6.54 Å². The van der Waals surface area contributed by atoms with Crippen molar-refractivity contribution < 1.29 is 4.79 Å². The van der Waals surface area contributed by atoms with Crippen LogP contribution in [0.4, 0.5) is 0 Å². The van der Waals surface area contributed by atoms with Crippen LogP contribution in [-0.2, 0) is 13.6 Å². The van der Waals surface area contributed by atoms with Crippen molar-refractivity contribution in [3.63, 3.8) is 0 Å². The summed E-state index contributed by atoms with van der Waals surface area (Å²) >= 11 is 0. The number of aromatic nitrogens is 3. The van der Waals surface area contributed by atoms with Crippen LogP contribution in [-0.4, -0.2) is 20.3 Å². The molecule has 0 aliphatic rings. The number of hydrogen-bond donors (Lipinski definition) is 1. The average Bonchev–Trinajstić information content (AvgIpc) is 2.63. The average molecular weight is 246 g/mol. The standard InChI is InChI=1S/C12H14N4O2/c1-8-5-9(11(13)17)3-4-10(8)6-16-12(18)15(2)7-14-16/h3-5,7H,6H2,1-2H3,(H2,13,17). The lowest BCUT2D eigenvalue weighted by Crippen LogP contribution is -2.23. The van der Waals surface area contributed by atoms with Crippen LogP contribution < -0.4 is 11.4 Å². The molecule has 1 amide bonds. The summed E-state index contributed by atoms with van der Waals surface area (Å²) in [7, 11) is 1.65. The Morgan fingerprint density at radius 3 is 2.67 bits per heavy atom. The summed E-state index contributed by atoms with van der Waals surface area (Å²) < 4.78 is 2.78. The quantitative estimate of drug-likeness (QED) is 0.829. The van der Waals surface area contributed by atoms with Crippen molar-refractivity contribution in [2.24, 2.45) is 12.8 Å². The van der Waals surface area contributed by atoms with Crippen LogP contribution in [0.1, 0.15) is 21.5 Å². The van der Waals surface area contributed by atoms with Gasteiger partial charge in [-0.3, -0.25) is 9.36 Å². The summed E-state index contributed by atoms with van der Waals surface area (Å²) in [5.41, 5.74) is 7.33. The van der Waals surface area contributed by atoms with E-state index in [2.05, 4.69) is 5.10 Å². The third-order valence-corrected chi connectivity index (χ3v) is 2.83. The van der Waals surface area contributed by atoms with E-state index in [-0.39, 0.29) is 5.69 Å². The van der Waals surface area contributed by atoms with Crippen LogP contribution in [0.25, 0.3) is 0 Å². The first-order chi connectivity index (χ1) is 8.49. The highest BCUT2D eigenvalue weighted by atomic mass is 16.2. The van der Waals surface area contributed by atoms with Crippen LogP contribution in [0.2, 0.25) is 0 Å². The Labute approximate surface area is 104 Å². The molecule has 2 rings (SSSR count). The summed E-state index contributed by atoms with van der Waals surface area (Å²) in [6, 6.07) is 5.15. The van der Waals surface area contributed by atoms with Crippen molar-refractivity contribution in [2.45, 2.75) is 13.5 Å². The monoisotopic (exact) mass is 246 g/mol. The number of carbonyl (C=O) groups excluding carboxylic acids is 1. The van der Waals surface area contributed by atoms with Gasteiger partial charge in [0.2, 0.25) is 5.91 Å². The van der Waals surface area contributed by atoms with Crippen LogP contribution in [0.3, 0.4) is 0 Å². The van der Waals surface area contributed by atoms with Gasteiger partial charge >= 0.3 is 5.69 Å². The molecule has 0 saturated heterocycles. The Morgan fingerprint density at radius 2 is 2.17 bits per heavy atom. The molecule has 1 aromatic heterocycles. The molecule has 0 radical (unpaired) electrons. The van der Waals surface area contributed by atoms with Gasteiger partial charge in [0.1, 0.15) is 6.33 Å². The SMILES string of the molecule is Cc1cc(C(N)=O)ccc1Cn1ncn(C)c1=O. The fraction of sp³-hybridized carbons (Fsp3) is 0.250. The number of hydrogen-bond acceptors (Lipinski definition) is 3. The minimum absolute atomic E-state index is 0.173. The van der Waals surface area contributed by atoms with Gasteiger partial charge in [-0.2, -0.15) is 5.10 Å². The maximum absolute atomic E-state index is 11.6. The Bertz CT molecular complexity index is 654. The van der Waals surface area contributed by atoms with E-state index in [1.807, 2.05) is 6.92 Å². The smallest absolute Gasteiger partial charge is 0.345 e. The van der Waals surface area contributed by atoms with Crippen molar-refractivity contribution in [1.29, 1.82) is 0 Å². The molecule has 6 nitrogen and oxygen atoms in total. The maximum atomic E-state index is 11.6. The third kappa shape index (κ3) is 2.17. The van der Waals surface area contributed by atoms with Crippen LogP contribution in [0, 0.1) is 6.92 Å². The van der Waals surface area contributed by atoms with Gasteiger partial charge in [0.15, 0.2) is 0 Å². The molecule has 94 valence electrons. The van der Waals surface area contributed by atoms with Gasteiger partial charge in [0.25, 0.3) is 0 Å². The number of benzene rings is 1. The van der Waals surface area contributed by atoms with Crippen molar-refractivity contribution in [1.82, 2.24) is 14.3 Å². The summed E-state index contributed by atoms with van der Waals surface area (Å²) in [6.45, 7) is 2.25. The lowest BCUT2D eigenvalue weighted by molar-refractivity contribution is 0.1000. The predicted octanol–water partition coefficient (Wildman–Crippen LogP) is 0.0374. The molecule has 1 heterocycles. The van der Waals surface area contributed by atoms with Crippen molar-refractivity contribution >= 4 is 5.91 Å². The highest BCUT2D eigenvalue weighted by Crippen LogP contribution is 2.11. The molecule has 0 atom stereocenters. The Morgan fingerprint density at radius 1 is 1.44 bits per heavy atom. The number of rotatable bonds is 3. The van der Waals surface area contributed by atoms with Crippen molar-refractivity contribution in [3.8, 4) is 0 Å². The normalized spacial score (nSPS) is 10.6. The van der Waals surface area contributed by atoms with E-state index in [1.165, 1.54) is 15.6 Å². The predicted molar refractivity (Wildman–Crippen MR) is 66.3 cm³/mol. The van der Waals surface area contributed by atoms with Gasteiger partial charge in [-0.1, -0.05) is 6.07 Å². The Kier molecular flexibility index (Phi) is 3.01. The minimum Gasteiger partial charge on any atom is -0.366 e. The molecule has 0 unspecified atom stereocenters. The largest absolute Gasteiger partial charge is 0.366 e. The first kappa shape index (κ1) is 12.1. The van der Waals surface area contributed by atoms with E-state index in [0.29, 0.717) is 12.1 Å². The first-order valence-corrected chi connectivity index (χ1v) is 5.47. The summed E-state index contributed by atoms with van der Waals surface area (Å²) in [5.74, 6) is -0.459. The molecule has 0 aliphatic heterocycles. The molecule has 0 aliphatic carbocycles. The Balaban J connectivity index is 2.33. The van der Waals surface area contributed by atoms with Crippen LogP contribution >= 0.6 is 0 Å². The minimum atomic E-state index is -0.459. The second-order valence-electron chi connectivity index (χ2n) is 4.19. The topological polar surface area (TPSA) is 82.9 Å². The van der Waals surface area contributed by atoms with E-state index in [0.717, 1.165) is 11.1 Å². The number of nitrogens with zero attached hydrogens (tertiary/aromatic N) is 3. The second-order valence-corrected chi connectivity index (χ2v) is 4.19. The van der Waals surface area contributed by atoms with Gasteiger partial charge in [-0.05, 0) is 30.2 Å². The number of nitrogens with two attached hydrogens (primary N) is 1. The molecule has 0 spiro atoms. The molecule has 2 aromatic rings. The van der Waals surface area contributed by atoms with E-state index in [9.17, 15) is 9.59 Å². The zero-order chi connectivity index (χ0) is 13.3. The summed E-state index contributed by atoms with van der Waals surface area (Å²) in [4.78, 5) is 22.7. The maximum Gasteiger partial charge on any atom is 0.345 e. The first-order valence-electron chi connectivity index (χ1n) is 5.47. The molecule has 2 N–H and O–H groups in total. The van der Waals surface area contributed by atoms with Gasteiger partial charge in [-0.15, -0.1) is 0 Å². The zero-order valence-electron chi connectivity index (χ0n) is 10.3. The lowest BCUT2D eigenvalue weighted by Gasteiger charge is -2.06. The molecule has 1 aromatic carbocycles. The molecule has 0 saturated carbocycles. The van der Waals surface area contributed by atoms with Crippen molar-refractivity contribution in [2.75, 3.05) is 0 Å². The van der Waals surface area contributed by atoms with E-state index in [4.69, 9.17) is 5.73 Å². The van der Waals surface area contributed by atoms with Crippen LogP contribution in [0.15, 0.2) is 29.3 Å². The molecule has 18 heavy (non-hydrogen) atoms. The molecular weight excluding hydrogens is 232 g/mol. The number of aryl methyl sites for hydroxylation is 2. The zero-order valence-corrected chi connectivity index (χ0v) is 10.3. The third-order valence-electron chi connectivity index (χ3n) is 2.83. The van der Waals surface area contributed by atoms with Gasteiger partial charge in [0, 0.05) is 12.6 Å². The second kappa shape index (κ2) is 4.48. The number of primary amides is 1. The van der Waals surface area contributed by atoms with E-state index < -0.39 is 5.91 Å². The van der Waals surface area contributed by atoms with E-state index in [1.54, 1.807) is 25.2 Å². The summed E-state index contributed by atoms with van der Waals surface area (Å²) in [5, 5.41) is 3.98. The Hall–Kier alpha value is -2.37. The molecular formula is C12H14N4O2. The van der Waals surface area contributed by atoms with Crippen LogP contribution in [0.5, 0.6) is 0 Å². The fourth-order valence-corrected chi connectivity index (χ4v) is 1.72.